The second-order valence-electron chi connectivity index (χ2n) is 5.72. The van der Waals surface area contributed by atoms with E-state index in [1.54, 1.807) is 23.5 Å². The Hall–Kier alpha value is -3.13. The molecule has 26 heavy (non-hydrogen) atoms. The number of imidazole rings is 1. The fraction of sp³-hybridized carbons (Fsp3) is 0.176. The van der Waals surface area contributed by atoms with Gasteiger partial charge in [0.15, 0.2) is 0 Å². The highest BCUT2D eigenvalue weighted by Crippen LogP contribution is 2.16. The molecule has 0 unspecified atom stereocenters. The maximum atomic E-state index is 11.7. The lowest BCUT2D eigenvalue weighted by atomic mass is 10.3. The molecule has 0 aliphatic carbocycles. The van der Waals surface area contributed by atoms with E-state index in [0.717, 1.165) is 11.4 Å². The second-order valence-corrected chi connectivity index (χ2v) is 6.16. The van der Waals surface area contributed by atoms with Crippen LogP contribution in [-0.2, 0) is 6.54 Å². The van der Waals surface area contributed by atoms with Gasteiger partial charge in [-0.25, -0.2) is 14.8 Å². The van der Waals surface area contributed by atoms with E-state index >= 15 is 0 Å². The van der Waals surface area contributed by atoms with Crippen molar-refractivity contribution >= 4 is 29.4 Å². The molecule has 9 heteroatoms. The molecule has 2 N–H and O–H groups in total. The molecule has 2 amide bonds. The van der Waals surface area contributed by atoms with Crippen molar-refractivity contribution in [1.29, 1.82) is 0 Å². The molecule has 0 spiro atoms. The number of hydrogen-bond donors (Lipinski definition) is 2. The highest BCUT2D eigenvalue weighted by molar-refractivity contribution is 6.30. The highest BCUT2D eigenvalue weighted by atomic mass is 35.5. The maximum absolute atomic E-state index is 11.7. The SMILES string of the molecule is O=C1NCCN1c1ccnc(NCc2cn(-c3ccc(Cl)cc3)cn2)n1. The molecule has 8 nitrogen and oxygen atoms in total. The molecule has 0 atom stereocenters. The van der Waals surface area contributed by atoms with Crippen molar-refractivity contribution in [1.82, 2.24) is 24.8 Å². The average molecular weight is 370 g/mol. The van der Waals surface area contributed by atoms with Gasteiger partial charge in [-0.15, -0.1) is 0 Å². The Morgan fingerprint density at radius 3 is 2.81 bits per heavy atom. The van der Waals surface area contributed by atoms with Crippen molar-refractivity contribution in [2.24, 2.45) is 0 Å². The number of carbonyl (C=O) groups excluding carboxylic acids is 1. The molecule has 0 saturated carbocycles. The number of benzene rings is 1. The maximum Gasteiger partial charge on any atom is 0.323 e. The van der Waals surface area contributed by atoms with Crippen LogP contribution in [0.4, 0.5) is 16.6 Å². The summed E-state index contributed by atoms with van der Waals surface area (Å²) in [7, 11) is 0. The van der Waals surface area contributed by atoms with E-state index in [9.17, 15) is 4.79 Å². The number of anilines is 2. The van der Waals surface area contributed by atoms with Gasteiger partial charge in [-0.1, -0.05) is 11.6 Å². The zero-order valence-electron chi connectivity index (χ0n) is 13.8. The van der Waals surface area contributed by atoms with Gasteiger partial charge in [-0.2, -0.15) is 4.98 Å². The van der Waals surface area contributed by atoms with Crippen LogP contribution in [0.15, 0.2) is 49.1 Å². The number of rotatable bonds is 5. The van der Waals surface area contributed by atoms with Gasteiger partial charge in [0.2, 0.25) is 5.95 Å². The fourth-order valence-electron chi connectivity index (χ4n) is 2.65. The fourth-order valence-corrected chi connectivity index (χ4v) is 2.78. The highest BCUT2D eigenvalue weighted by Gasteiger charge is 2.22. The van der Waals surface area contributed by atoms with Crippen molar-refractivity contribution in [2.45, 2.75) is 6.54 Å². The molecular formula is C17H16ClN7O. The third-order valence-electron chi connectivity index (χ3n) is 3.96. The molecule has 0 bridgehead atoms. The van der Waals surface area contributed by atoms with E-state index in [1.807, 2.05) is 35.0 Å². The molecule has 0 radical (unpaired) electrons. The van der Waals surface area contributed by atoms with Crippen LogP contribution >= 0.6 is 11.6 Å². The van der Waals surface area contributed by atoms with Crippen molar-refractivity contribution in [3.63, 3.8) is 0 Å². The molecule has 1 aliphatic heterocycles. The summed E-state index contributed by atoms with van der Waals surface area (Å²) in [6, 6.07) is 9.09. The summed E-state index contributed by atoms with van der Waals surface area (Å²) in [6.07, 6.45) is 5.29. The Labute approximate surface area is 154 Å². The van der Waals surface area contributed by atoms with Gasteiger partial charge >= 0.3 is 6.03 Å². The van der Waals surface area contributed by atoms with Crippen LogP contribution in [0.1, 0.15) is 5.69 Å². The number of nitrogens with zero attached hydrogens (tertiary/aromatic N) is 5. The Bertz CT molecular complexity index is 925. The van der Waals surface area contributed by atoms with E-state index in [1.165, 1.54) is 0 Å². The number of amides is 2. The first-order valence-electron chi connectivity index (χ1n) is 8.10. The minimum atomic E-state index is -0.142. The van der Waals surface area contributed by atoms with E-state index in [4.69, 9.17) is 11.6 Å². The number of nitrogens with one attached hydrogen (secondary N) is 2. The lowest BCUT2D eigenvalue weighted by Crippen LogP contribution is -2.28. The Morgan fingerprint density at radius 1 is 1.19 bits per heavy atom. The third kappa shape index (κ3) is 3.45. The summed E-state index contributed by atoms with van der Waals surface area (Å²) in [5.41, 5.74) is 1.82. The number of aromatic nitrogens is 4. The Balaban J connectivity index is 1.43. The van der Waals surface area contributed by atoms with Crippen molar-refractivity contribution < 1.29 is 4.79 Å². The van der Waals surface area contributed by atoms with Gasteiger partial charge in [0.25, 0.3) is 0 Å². The molecule has 2 aromatic heterocycles. The molecule has 3 heterocycles. The second kappa shape index (κ2) is 7.01. The van der Waals surface area contributed by atoms with E-state index < -0.39 is 0 Å². The summed E-state index contributed by atoms with van der Waals surface area (Å²) < 4.78 is 1.92. The van der Waals surface area contributed by atoms with E-state index in [0.29, 0.717) is 36.4 Å². The summed E-state index contributed by atoms with van der Waals surface area (Å²) in [6.45, 7) is 1.69. The van der Waals surface area contributed by atoms with E-state index in [2.05, 4.69) is 25.6 Å². The minimum Gasteiger partial charge on any atom is -0.348 e. The number of urea groups is 1. The lowest BCUT2D eigenvalue weighted by Gasteiger charge is -2.13. The molecule has 4 rings (SSSR count). The number of hydrogen-bond acceptors (Lipinski definition) is 5. The zero-order valence-corrected chi connectivity index (χ0v) is 14.5. The predicted octanol–water partition coefficient (Wildman–Crippen LogP) is 2.46. The standard InChI is InChI=1S/C17H16ClN7O/c18-12-1-3-14(4-2-12)24-10-13(22-11-24)9-21-16-19-6-5-15(23-16)25-8-7-20-17(25)26/h1-6,10-11H,7-9H2,(H,20,26)(H,19,21,23). The van der Waals surface area contributed by atoms with Gasteiger partial charge in [0, 0.05) is 36.2 Å². The number of halogens is 1. The van der Waals surface area contributed by atoms with E-state index in [-0.39, 0.29) is 6.03 Å². The van der Waals surface area contributed by atoms with Crippen LogP contribution in [0.3, 0.4) is 0 Å². The zero-order chi connectivity index (χ0) is 17.9. The van der Waals surface area contributed by atoms with Crippen LogP contribution < -0.4 is 15.5 Å². The normalized spacial score (nSPS) is 13.7. The molecule has 132 valence electrons. The van der Waals surface area contributed by atoms with Crippen LogP contribution in [0.25, 0.3) is 5.69 Å². The minimum absolute atomic E-state index is 0.142. The van der Waals surface area contributed by atoms with Crippen molar-refractivity contribution in [3.8, 4) is 5.69 Å². The van der Waals surface area contributed by atoms with Crippen molar-refractivity contribution in [3.05, 3.63) is 59.8 Å². The van der Waals surface area contributed by atoms with Gasteiger partial charge in [-0.3, -0.25) is 4.90 Å². The predicted molar refractivity (Wildman–Crippen MR) is 98.7 cm³/mol. The largest absolute Gasteiger partial charge is 0.348 e. The summed E-state index contributed by atoms with van der Waals surface area (Å²) >= 11 is 5.91. The van der Waals surface area contributed by atoms with Gasteiger partial charge in [-0.05, 0) is 30.3 Å². The Morgan fingerprint density at radius 2 is 2.04 bits per heavy atom. The van der Waals surface area contributed by atoms with Crippen LogP contribution in [-0.4, -0.2) is 38.6 Å². The quantitative estimate of drug-likeness (QED) is 0.721. The molecule has 1 fully saturated rings. The number of carbonyl (C=O) groups is 1. The lowest BCUT2D eigenvalue weighted by molar-refractivity contribution is 0.252. The first-order valence-corrected chi connectivity index (χ1v) is 8.48. The average Bonchev–Trinajstić information content (AvgIpc) is 3.30. The molecular weight excluding hydrogens is 354 g/mol. The first kappa shape index (κ1) is 16.3. The topological polar surface area (TPSA) is 88.0 Å². The summed E-state index contributed by atoms with van der Waals surface area (Å²) in [5, 5.41) is 6.58. The monoisotopic (exact) mass is 369 g/mol. The third-order valence-corrected chi connectivity index (χ3v) is 4.21. The van der Waals surface area contributed by atoms with Gasteiger partial charge in [0.1, 0.15) is 5.82 Å². The molecule has 1 saturated heterocycles. The molecule has 1 aliphatic rings. The summed E-state index contributed by atoms with van der Waals surface area (Å²) in [4.78, 5) is 26.3. The van der Waals surface area contributed by atoms with Gasteiger partial charge < -0.3 is 15.2 Å². The van der Waals surface area contributed by atoms with Crippen LogP contribution in [0.5, 0.6) is 0 Å². The van der Waals surface area contributed by atoms with Crippen LogP contribution in [0, 0.1) is 0 Å². The smallest absolute Gasteiger partial charge is 0.323 e. The van der Waals surface area contributed by atoms with Gasteiger partial charge in [0.05, 0.1) is 18.6 Å². The van der Waals surface area contributed by atoms with Crippen LogP contribution in [0.2, 0.25) is 5.02 Å². The Kier molecular flexibility index (Phi) is 4.40. The van der Waals surface area contributed by atoms with Crippen molar-refractivity contribution in [2.75, 3.05) is 23.3 Å². The summed E-state index contributed by atoms with van der Waals surface area (Å²) in [5.74, 6) is 1.02. The first-order chi connectivity index (χ1) is 12.7. The molecule has 3 aromatic rings. The molecule has 1 aromatic carbocycles.